The van der Waals surface area contributed by atoms with Crippen LogP contribution < -0.4 is 0 Å². The van der Waals surface area contributed by atoms with Crippen molar-refractivity contribution in [2.24, 2.45) is 0 Å². The molecule has 5 heteroatoms. The molecule has 0 unspecified atom stereocenters. The smallest absolute Gasteiger partial charge is 0.168 e. The van der Waals surface area contributed by atoms with Crippen molar-refractivity contribution < 1.29 is 4.79 Å². The molecule has 0 bridgehead atoms. The number of rotatable bonds is 5. The number of nitrogens with zero attached hydrogens (tertiary/aromatic N) is 2. The van der Waals surface area contributed by atoms with Crippen LogP contribution in [-0.4, -0.2) is 15.6 Å². The largest absolute Gasteiger partial charge is 0.294 e. The van der Waals surface area contributed by atoms with Gasteiger partial charge in [0.25, 0.3) is 0 Å². The van der Waals surface area contributed by atoms with Crippen LogP contribution in [0.3, 0.4) is 0 Å². The number of hydrogen-bond donors (Lipinski definition) is 0. The molecule has 0 aliphatic carbocycles. The third kappa shape index (κ3) is 3.20. The first-order chi connectivity index (χ1) is 9.56. The predicted octanol–water partition coefficient (Wildman–Crippen LogP) is 4.42. The maximum Gasteiger partial charge on any atom is 0.168 e. The molecule has 0 aliphatic heterocycles. The fourth-order valence-corrected chi connectivity index (χ4v) is 3.21. The van der Waals surface area contributed by atoms with Crippen molar-refractivity contribution in [3.8, 4) is 0 Å². The molecule has 20 heavy (non-hydrogen) atoms. The molecule has 0 amide bonds. The molecular formula is C15H16Br2N2O. The van der Waals surface area contributed by atoms with Crippen LogP contribution in [0.25, 0.3) is 0 Å². The summed E-state index contributed by atoms with van der Waals surface area (Å²) in [4.78, 5) is 12.4. The average molecular weight is 400 g/mol. The number of carbonyl (C=O) groups is 1. The fourth-order valence-electron chi connectivity index (χ4n) is 2.10. The van der Waals surface area contributed by atoms with E-state index in [1.165, 1.54) is 0 Å². The second kappa shape index (κ2) is 6.68. The van der Waals surface area contributed by atoms with Crippen LogP contribution in [0.4, 0.5) is 0 Å². The van der Waals surface area contributed by atoms with Crippen molar-refractivity contribution in [2.75, 3.05) is 0 Å². The number of ketones is 1. The van der Waals surface area contributed by atoms with Gasteiger partial charge < -0.3 is 0 Å². The summed E-state index contributed by atoms with van der Waals surface area (Å²) in [5.41, 5.74) is 2.67. The molecule has 2 rings (SSSR count). The Balaban J connectivity index is 2.30. The molecule has 2 aromatic rings. The van der Waals surface area contributed by atoms with E-state index in [0.717, 1.165) is 33.3 Å². The third-order valence-electron chi connectivity index (χ3n) is 3.17. The molecule has 1 heterocycles. The average Bonchev–Trinajstić information content (AvgIpc) is 2.75. The molecule has 1 aromatic heterocycles. The van der Waals surface area contributed by atoms with Crippen LogP contribution in [0.5, 0.6) is 0 Å². The molecule has 0 saturated carbocycles. The van der Waals surface area contributed by atoms with Crippen molar-refractivity contribution in [3.63, 3.8) is 0 Å². The SMILES string of the molecule is CCc1nn(CC)c(CC(=O)c2cccc(Br)c2)c1Br. The second-order valence-corrected chi connectivity index (χ2v) is 6.20. The highest BCUT2D eigenvalue weighted by molar-refractivity contribution is 9.10. The van der Waals surface area contributed by atoms with Crippen molar-refractivity contribution in [1.29, 1.82) is 0 Å². The summed E-state index contributed by atoms with van der Waals surface area (Å²) in [6, 6.07) is 7.48. The minimum atomic E-state index is 0.101. The zero-order chi connectivity index (χ0) is 14.7. The molecule has 1 aromatic carbocycles. The van der Waals surface area contributed by atoms with E-state index < -0.39 is 0 Å². The summed E-state index contributed by atoms with van der Waals surface area (Å²) in [7, 11) is 0. The number of aromatic nitrogens is 2. The fraction of sp³-hybridized carbons (Fsp3) is 0.333. The molecule has 0 atom stereocenters. The lowest BCUT2D eigenvalue weighted by Crippen LogP contribution is -2.10. The van der Waals surface area contributed by atoms with Crippen molar-refractivity contribution in [3.05, 3.63) is 50.2 Å². The van der Waals surface area contributed by atoms with Gasteiger partial charge in [-0.3, -0.25) is 9.48 Å². The van der Waals surface area contributed by atoms with E-state index in [9.17, 15) is 4.79 Å². The van der Waals surface area contributed by atoms with Gasteiger partial charge in [-0.2, -0.15) is 5.10 Å². The van der Waals surface area contributed by atoms with Crippen LogP contribution in [0, 0.1) is 0 Å². The first-order valence-electron chi connectivity index (χ1n) is 6.59. The lowest BCUT2D eigenvalue weighted by atomic mass is 10.1. The van der Waals surface area contributed by atoms with Gasteiger partial charge in [-0.15, -0.1) is 0 Å². The Morgan fingerprint density at radius 3 is 2.65 bits per heavy atom. The van der Waals surface area contributed by atoms with Crippen molar-refractivity contribution >= 4 is 37.6 Å². The minimum Gasteiger partial charge on any atom is -0.294 e. The van der Waals surface area contributed by atoms with Gasteiger partial charge in [0.05, 0.1) is 22.3 Å². The number of carbonyl (C=O) groups excluding carboxylic acids is 1. The molecule has 106 valence electrons. The highest BCUT2D eigenvalue weighted by Crippen LogP contribution is 2.24. The Hall–Kier alpha value is -0.940. The number of aryl methyl sites for hydroxylation is 2. The van der Waals surface area contributed by atoms with Crippen LogP contribution in [-0.2, 0) is 19.4 Å². The highest BCUT2D eigenvalue weighted by Gasteiger charge is 2.17. The van der Waals surface area contributed by atoms with E-state index in [1.807, 2.05) is 35.9 Å². The van der Waals surface area contributed by atoms with E-state index in [-0.39, 0.29) is 5.78 Å². The quantitative estimate of drug-likeness (QED) is 0.697. The van der Waals surface area contributed by atoms with Gasteiger partial charge in [0.15, 0.2) is 5.78 Å². The summed E-state index contributed by atoms with van der Waals surface area (Å²) in [5, 5.41) is 4.52. The van der Waals surface area contributed by atoms with Gasteiger partial charge in [-0.1, -0.05) is 35.0 Å². The predicted molar refractivity (Wildman–Crippen MR) is 87.2 cm³/mol. The van der Waals surface area contributed by atoms with E-state index in [1.54, 1.807) is 0 Å². The van der Waals surface area contributed by atoms with Crippen LogP contribution in [0.2, 0.25) is 0 Å². The van der Waals surface area contributed by atoms with E-state index in [2.05, 4.69) is 43.9 Å². The van der Waals surface area contributed by atoms with Gasteiger partial charge in [-0.05, 0) is 41.4 Å². The molecule has 0 saturated heterocycles. The van der Waals surface area contributed by atoms with E-state index >= 15 is 0 Å². The van der Waals surface area contributed by atoms with Crippen LogP contribution in [0.1, 0.15) is 35.6 Å². The molecule has 0 aliphatic rings. The Morgan fingerprint density at radius 1 is 1.30 bits per heavy atom. The summed E-state index contributed by atoms with van der Waals surface area (Å²) in [6.07, 6.45) is 1.21. The second-order valence-electron chi connectivity index (χ2n) is 4.49. The maximum atomic E-state index is 12.4. The minimum absolute atomic E-state index is 0.101. The summed E-state index contributed by atoms with van der Waals surface area (Å²) in [5.74, 6) is 0.101. The van der Waals surface area contributed by atoms with Crippen molar-refractivity contribution in [1.82, 2.24) is 9.78 Å². The highest BCUT2D eigenvalue weighted by atomic mass is 79.9. The van der Waals surface area contributed by atoms with Gasteiger partial charge in [0.2, 0.25) is 0 Å². The number of Topliss-reactive ketones (excluding diaryl/α,β-unsaturated/α-hetero) is 1. The van der Waals surface area contributed by atoms with Gasteiger partial charge in [0, 0.05) is 16.6 Å². The van der Waals surface area contributed by atoms with Gasteiger partial charge in [0.1, 0.15) is 0 Å². The van der Waals surface area contributed by atoms with E-state index in [0.29, 0.717) is 12.0 Å². The lowest BCUT2D eigenvalue weighted by molar-refractivity contribution is 0.0990. The normalized spacial score (nSPS) is 10.8. The summed E-state index contributed by atoms with van der Waals surface area (Å²) >= 11 is 6.97. The Bertz CT molecular complexity index is 635. The maximum absolute atomic E-state index is 12.4. The van der Waals surface area contributed by atoms with Crippen molar-refractivity contribution in [2.45, 2.75) is 33.2 Å². The number of hydrogen-bond acceptors (Lipinski definition) is 2. The molecule has 3 nitrogen and oxygen atoms in total. The molecule has 0 N–H and O–H groups in total. The van der Waals surface area contributed by atoms with Gasteiger partial charge >= 0.3 is 0 Å². The number of benzene rings is 1. The third-order valence-corrected chi connectivity index (χ3v) is 4.58. The van der Waals surface area contributed by atoms with Crippen LogP contribution >= 0.6 is 31.9 Å². The summed E-state index contributed by atoms with van der Waals surface area (Å²) in [6.45, 7) is 4.86. The Kier molecular flexibility index (Phi) is 5.16. The monoisotopic (exact) mass is 398 g/mol. The summed E-state index contributed by atoms with van der Waals surface area (Å²) < 4.78 is 3.78. The topological polar surface area (TPSA) is 34.9 Å². The Labute approximate surface area is 135 Å². The first-order valence-corrected chi connectivity index (χ1v) is 8.18. The van der Waals surface area contributed by atoms with E-state index in [4.69, 9.17) is 0 Å². The first kappa shape index (κ1) is 15.4. The van der Waals surface area contributed by atoms with Crippen LogP contribution in [0.15, 0.2) is 33.2 Å². The molecule has 0 radical (unpaired) electrons. The molecule has 0 spiro atoms. The zero-order valence-corrected chi connectivity index (χ0v) is 14.7. The molecular weight excluding hydrogens is 384 g/mol. The molecule has 0 fully saturated rings. The van der Waals surface area contributed by atoms with Gasteiger partial charge in [-0.25, -0.2) is 0 Å². The zero-order valence-electron chi connectivity index (χ0n) is 11.5. The lowest BCUT2D eigenvalue weighted by Gasteiger charge is -2.05. The Morgan fingerprint density at radius 2 is 2.05 bits per heavy atom. The standard InChI is InChI=1S/C15H16Br2N2O/c1-3-12-15(17)13(19(4-2)18-12)9-14(20)10-6-5-7-11(16)8-10/h5-8H,3-4,9H2,1-2H3. The number of halogens is 2.